The fraction of sp³-hybridized carbons (Fsp3) is 0.250. The summed E-state index contributed by atoms with van der Waals surface area (Å²) in [7, 11) is 3.93. The number of ketones is 1. The van der Waals surface area contributed by atoms with Crippen molar-refractivity contribution in [2.45, 2.75) is 12.5 Å². The van der Waals surface area contributed by atoms with Crippen molar-refractivity contribution in [3.63, 3.8) is 0 Å². The molecule has 1 unspecified atom stereocenters. The van der Waals surface area contributed by atoms with Crippen LogP contribution in [0.2, 0.25) is 0 Å². The summed E-state index contributed by atoms with van der Waals surface area (Å²) in [6.45, 7) is 1.21. The number of rotatable bonds is 7. The van der Waals surface area contributed by atoms with Gasteiger partial charge in [-0.2, -0.15) is 0 Å². The standard InChI is InChI=1S/C24H23BrN2O4/c1-26(2)11-6-12-27-21(15-7-4-3-5-8-15)20(23(29)24(27)30)22(28)19-14-16-13-17(25)9-10-18(16)31-19/h3-5,7-10,13-14,21,29H,6,11-12H2,1-2H3. The Morgan fingerprint density at radius 2 is 1.90 bits per heavy atom. The predicted octanol–water partition coefficient (Wildman–Crippen LogP) is 4.73. The minimum absolute atomic E-state index is 0.0548. The van der Waals surface area contributed by atoms with Gasteiger partial charge in [0, 0.05) is 16.4 Å². The molecular formula is C24H23BrN2O4. The van der Waals surface area contributed by atoms with Crippen LogP contribution in [0, 0.1) is 0 Å². The van der Waals surface area contributed by atoms with Crippen molar-refractivity contribution in [2.24, 2.45) is 0 Å². The Labute approximate surface area is 188 Å². The molecule has 160 valence electrons. The zero-order chi connectivity index (χ0) is 22.1. The molecule has 1 aliphatic heterocycles. The molecule has 31 heavy (non-hydrogen) atoms. The Hall–Kier alpha value is -2.90. The SMILES string of the molecule is CN(C)CCCN1C(=O)C(O)=C(C(=O)c2cc3cc(Br)ccc3o2)C1c1ccccc1. The molecule has 0 fully saturated rings. The number of halogens is 1. The third kappa shape index (κ3) is 4.16. The molecule has 1 N–H and O–H groups in total. The molecule has 1 aliphatic rings. The summed E-state index contributed by atoms with van der Waals surface area (Å²) in [4.78, 5) is 30.0. The van der Waals surface area contributed by atoms with E-state index in [2.05, 4.69) is 15.9 Å². The van der Waals surface area contributed by atoms with Crippen LogP contribution in [0.3, 0.4) is 0 Å². The van der Waals surface area contributed by atoms with Crippen LogP contribution in [-0.4, -0.2) is 53.8 Å². The molecular weight excluding hydrogens is 460 g/mol. The number of carbonyl (C=O) groups excluding carboxylic acids is 2. The van der Waals surface area contributed by atoms with Gasteiger partial charge in [-0.3, -0.25) is 9.59 Å². The van der Waals surface area contributed by atoms with E-state index < -0.39 is 23.5 Å². The minimum atomic E-state index is -0.664. The Morgan fingerprint density at radius 1 is 1.16 bits per heavy atom. The molecule has 7 heteroatoms. The first-order chi connectivity index (χ1) is 14.9. The third-order valence-corrected chi connectivity index (χ3v) is 5.86. The number of amides is 1. The molecule has 0 aliphatic carbocycles. The van der Waals surface area contributed by atoms with Crippen LogP contribution in [0.1, 0.15) is 28.6 Å². The Morgan fingerprint density at radius 3 is 2.61 bits per heavy atom. The van der Waals surface area contributed by atoms with Gasteiger partial charge in [-0.1, -0.05) is 46.3 Å². The zero-order valence-corrected chi connectivity index (χ0v) is 18.9. The fourth-order valence-electron chi connectivity index (χ4n) is 3.91. The smallest absolute Gasteiger partial charge is 0.290 e. The van der Waals surface area contributed by atoms with E-state index in [1.165, 1.54) is 0 Å². The summed E-state index contributed by atoms with van der Waals surface area (Å²) in [6, 6.07) is 15.7. The van der Waals surface area contributed by atoms with Crippen LogP contribution in [-0.2, 0) is 4.79 Å². The number of benzene rings is 2. The van der Waals surface area contributed by atoms with Crippen molar-refractivity contribution >= 4 is 38.6 Å². The van der Waals surface area contributed by atoms with Gasteiger partial charge in [0.2, 0.25) is 5.78 Å². The number of fused-ring (bicyclic) bond motifs is 1. The van der Waals surface area contributed by atoms with Gasteiger partial charge in [0.05, 0.1) is 11.6 Å². The molecule has 4 rings (SSSR count). The first-order valence-electron chi connectivity index (χ1n) is 10.0. The third-order valence-electron chi connectivity index (χ3n) is 5.37. The molecule has 2 aromatic carbocycles. The number of Topliss-reactive ketones (excluding diaryl/α,β-unsaturated/α-hetero) is 1. The van der Waals surface area contributed by atoms with Crippen LogP contribution in [0.25, 0.3) is 11.0 Å². The second kappa shape index (κ2) is 8.69. The highest BCUT2D eigenvalue weighted by molar-refractivity contribution is 9.10. The highest BCUT2D eigenvalue weighted by Gasteiger charge is 2.44. The van der Waals surface area contributed by atoms with E-state index in [1.807, 2.05) is 61.5 Å². The molecule has 1 atom stereocenters. The van der Waals surface area contributed by atoms with E-state index in [-0.39, 0.29) is 11.3 Å². The number of hydrogen-bond donors (Lipinski definition) is 1. The van der Waals surface area contributed by atoms with Crippen LogP contribution < -0.4 is 0 Å². The van der Waals surface area contributed by atoms with Gasteiger partial charge in [-0.25, -0.2) is 0 Å². The van der Waals surface area contributed by atoms with Crippen LogP contribution in [0.15, 0.2) is 74.8 Å². The van der Waals surface area contributed by atoms with Gasteiger partial charge in [-0.05, 0) is 56.9 Å². The van der Waals surface area contributed by atoms with Crippen molar-refractivity contribution in [1.29, 1.82) is 0 Å². The monoisotopic (exact) mass is 482 g/mol. The van der Waals surface area contributed by atoms with Crippen molar-refractivity contribution in [3.8, 4) is 0 Å². The van der Waals surface area contributed by atoms with E-state index in [1.54, 1.807) is 17.0 Å². The molecule has 6 nitrogen and oxygen atoms in total. The van der Waals surface area contributed by atoms with Gasteiger partial charge in [0.15, 0.2) is 11.5 Å². The molecule has 0 saturated carbocycles. The first-order valence-corrected chi connectivity index (χ1v) is 10.8. The topological polar surface area (TPSA) is 74.0 Å². The van der Waals surface area contributed by atoms with Crippen molar-refractivity contribution in [1.82, 2.24) is 9.80 Å². The average Bonchev–Trinajstić information content (AvgIpc) is 3.27. The van der Waals surface area contributed by atoms with Crippen LogP contribution in [0.5, 0.6) is 0 Å². The molecule has 1 aromatic heterocycles. The van der Waals surface area contributed by atoms with Gasteiger partial charge in [0.1, 0.15) is 5.58 Å². The molecule has 1 amide bonds. The zero-order valence-electron chi connectivity index (χ0n) is 17.3. The maximum Gasteiger partial charge on any atom is 0.290 e. The number of aliphatic hydroxyl groups excluding tert-OH is 1. The largest absolute Gasteiger partial charge is 0.503 e. The lowest BCUT2D eigenvalue weighted by atomic mass is 9.95. The maximum absolute atomic E-state index is 13.5. The number of hydrogen-bond acceptors (Lipinski definition) is 5. The van der Waals surface area contributed by atoms with Gasteiger partial charge >= 0.3 is 0 Å². The Kier molecular flexibility index (Phi) is 5.98. The van der Waals surface area contributed by atoms with Gasteiger partial charge < -0.3 is 19.3 Å². The van der Waals surface area contributed by atoms with Crippen molar-refractivity contribution < 1.29 is 19.1 Å². The number of nitrogens with zero attached hydrogens (tertiary/aromatic N) is 2. The lowest BCUT2D eigenvalue weighted by Gasteiger charge is -2.27. The molecule has 3 aromatic rings. The molecule has 2 heterocycles. The highest BCUT2D eigenvalue weighted by Crippen LogP contribution is 2.39. The first kappa shape index (κ1) is 21.3. The number of aliphatic hydroxyl groups is 1. The lowest BCUT2D eigenvalue weighted by Crippen LogP contribution is -2.33. The summed E-state index contributed by atoms with van der Waals surface area (Å²) in [6.07, 6.45) is 0.718. The summed E-state index contributed by atoms with van der Waals surface area (Å²) in [5.41, 5.74) is 1.39. The van der Waals surface area contributed by atoms with Crippen molar-refractivity contribution in [2.75, 3.05) is 27.2 Å². The Balaban J connectivity index is 1.73. The fourth-order valence-corrected chi connectivity index (χ4v) is 4.29. The quantitative estimate of drug-likeness (QED) is 0.492. The lowest BCUT2D eigenvalue weighted by molar-refractivity contribution is -0.129. The second-order valence-electron chi connectivity index (χ2n) is 7.85. The van der Waals surface area contributed by atoms with E-state index in [4.69, 9.17) is 4.42 Å². The summed E-state index contributed by atoms with van der Waals surface area (Å²) < 4.78 is 6.63. The molecule has 0 radical (unpaired) electrons. The summed E-state index contributed by atoms with van der Waals surface area (Å²) >= 11 is 3.41. The Bertz CT molecular complexity index is 1170. The van der Waals surface area contributed by atoms with Gasteiger partial charge in [0.25, 0.3) is 5.91 Å². The summed E-state index contributed by atoms with van der Waals surface area (Å²) in [5, 5.41) is 11.5. The minimum Gasteiger partial charge on any atom is -0.503 e. The normalized spacial score (nSPS) is 16.7. The van der Waals surface area contributed by atoms with E-state index in [0.29, 0.717) is 12.1 Å². The van der Waals surface area contributed by atoms with Crippen LogP contribution in [0.4, 0.5) is 0 Å². The van der Waals surface area contributed by atoms with E-state index in [9.17, 15) is 14.7 Å². The van der Waals surface area contributed by atoms with Gasteiger partial charge in [-0.15, -0.1) is 0 Å². The van der Waals surface area contributed by atoms with E-state index >= 15 is 0 Å². The van der Waals surface area contributed by atoms with Crippen LogP contribution >= 0.6 is 15.9 Å². The molecule has 0 bridgehead atoms. The predicted molar refractivity (Wildman–Crippen MR) is 122 cm³/mol. The summed E-state index contributed by atoms with van der Waals surface area (Å²) in [5.74, 6) is -1.43. The highest BCUT2D eigenvalue weighted by atomic mass is 79.9. The van der Waals surface area contributed by atoms with Crippen molar-refractivity contribution in [3.05, 3.63) is 81.7 Å². The van der Waals surface area contributed by atoms with E-state index in [0.717, 1.165) is 28.4 Å². The number of furan rings is 1. The average molecular weight is 483 g/mol. The second-order valence-corrected chi connectivity index (χ2v) is 8.77. The molecule has 0 saturated heterocycles. The maximum atomic E-state index is 13.5. The number of carbonyl (C=O) groups is 2. The molecule has 0 spiro atoms.